The first-order valence-electron chi connectivity index (χ1n) is 7.37. The molecule has 0 fully saturated rings. The molecule has 2 aromatic rings. The first-order valence-corrected chi connectivity index (χ1v) is 8.16. The molecule has 1 aromatic heterocycles. The summed E-state index contributed by atoms with van der Waals surface area (Å²) in [6.45, 7) is 7.40. The highest BCUT2D eigenvalue weighted by molar-refractivity contribution is 9.10. The van der Waals surface area contributed by atoms with Crippen molar-refractivity contribution >= 4 is 22.0 Å². The van der Waals surface area contributed by atoms with Crippen LogP contribution in [-0.2, 0) is 0 Å². The summed E-state index contributed by atoms with van der Waals surface area (Å²) in [5.74, 6) is 1.82. The molecule has 0 bridgehead atoms. The van der Waals surface area contributed by atoms with Gasteiger partial charge in [0.05, 0.1) is 0 Å². The van der Waals surface area contributed by atoms with Crippen LogP contribution in [0.25, 0.3) is 17.4 Å². The molecule has 0 radical (unpaired) electrons. The fraction of sp³-hybridized carbons (Fsp3) is 0.333. The normalized spacial score (nSPS) is 12.1. The van der Waals surface area contributed by atoms with Crippen LogP contribution in [0.4, 0.5) is 0 Å². The molecule has 21 heavy (non-hydrogen) atoms. The average Bonchev–Trinajstić information content (AvgIpc) is 2.92. The van der Waals surface area contributed by atoms with Crippen LogP contribution in [0, 0.1) is 0 Å². The van der Waals surface area contributed by atoms with Crippen molar-refractivity contribution < 1.29 is 4.42 Å². The van der Waals surface area contributed by atoms with E-state index in [1.807, 2.05) is 24.3 Å². The zero-order valence-corrected chi connectivity index (χ0v) is 14.4. The molecule has 0 aliphatic carbocycles. The third-order valence-corrected chi connectivity index (χ3v) is 3.82. The van der Waals surface area contributed by atoms with E-state index in [2.05, 4.69) is 60.2 Å². The highest BCUT2D eigenvalue weighted by atomic mass is 79.9. The number of hydrogen-bond donors (Lipinski definition) is 1. The van der Waals surface area contributed by atoms with Crippen LogP contribution in [0.15, 0.2) is 50.9 Å². The predicted octanol–water partition coefficient (Wildman–Crippen LogP) is 5.50. The molecule has 0 aliphatic heterocycles. The molecule has 0 atom stereocenters. The zero-order chi connectivity index (χ0) is 15.2. The number of nitrogens with one attached hydrogen (secondary N) is 1. The molecule has 3 heteroatoms. The van der Waals surface area contributed by atoms with Crippen molar-refractivity contribution in [3.05, 3.63) is 52.2 Å². The standard InChI is InChI=1S/C18H22BrNO/c1-4-14(12-20-13(2)3)11-17-9-10-18(21-17)15-5-7-16(19)8-6-15/h5-11,13,20H,4,12H2,1-3H3. The van der Waals surface area contributed by atoms with Gasteiger partial charge in [-0.05, 0) is 36.8 Å². The number of furan rings is 1. The fourth-order valence-electron chi connectivity index (χ4n) is 2.01. The van der Waals surface area contributed by atoms with Crippen molar-refractivity contribution in [2.45, 2.75) is 33.2 Å². The molecule has 1 heterocycles. The lowest BCUT2D eigenvalue weighted by atomic mass is 10.1. The summed E-state index contributed by atoms with van der Waals surface area (Å²) in [5.41, 5.74) is 2.44. The first-order chi connectivity index (χ1) is 10.1. The van der Waals surface area contributed by atoms with E-state index in [0.29, 0.717) is 6.04 Å². The molecule has 0 unspecified atom stereocenters. The quantitative estimate of drug-likeness (QED) is 0.746. The van der Waals surface area contributed by atoms with Crippen LogP contribution >= 0.6 is 15.9 Å². The van der Waals surface area contributed by atoms with Gasteiger partial charge in [0.1, 0.15) is 11.5 Å². The summed E-state index contributed by atoms with van der Waals surface area (Å²) < 4.78 is 7.00. The van der Waals surface area contributed by atoms with E-state index in [0.717, 1.165) is 34.5 Å². The average molecular weight is 348 g/mol. The molecular formula is C18H22BrNO. The van der Waals surface area contributed by atoms with Gasteiger partial charge < -0.3 is 9.73 Å². The maximum Gasteiger partial charge on any atom is 0.134 e. The summed E-state index contributed by atoms with van der Waals surface area (Å²) in [7, 11) is 0. The van der Waals surface area contributed by atoms with Crippen molar-refractivity contribution in [3.8, 4) is 11.3 Å². The fourth-order valence-corrected chi connectivity index (χ4v) is 2.28. The maximum absolute atomic E-state index is 5.93. The van der Waals surface area contributed by atoms with Crippen molar-refractivity contribution in [2.75, 3.05) is 6.54 Å². The van der Waals surface area contributed by atoms with Gasteiger partial charge in [0.2, 0.25) is 0 Å². The second kappa shape index (κ2) is 7.62. The highest BCUT2D eigenvalue weighted by Gasteiger charge is 2.04. The largest absolute Gasteiger partial charge is 0.457 e. The SMILES string of the molecule is CCC(=Cc1ccc(-c2ccc(Br)cc2)o1)CNC(C)C. The molecule has 1 aromatic carbocycles. The summed E-state index contributed by atoms with van der Waals surface area (Å²) in [4.78, 5) is 0. The molecular weight excluding hydrogens is 326 g/mol. The Balaban J connectivity index is 2.13. The van der Waals surface area contributed by atoms with Gasteiger partial charge in [-0.3, -0.25) is 0 Å². The molecule has 0 spiro atoms. The number of benzene rings is 1. The number of rotatable bonds is 6. The summed E-state index contributed by atoms with van der Waals surface area (Å²) >= 11 is 3.45. The Morgan fingerprint density at radius 1 is 1.19 bits per heavy atom. The van der Waals surface area contributed by atoms with E-state index in [1.54, 1.807) is 0 Å². The topological polar surface area (TPSA) is 25.2 Å². The van der Waals surface area contributed by atoms with Crippen LogP contribution < -0.4 is 5.32 Å². The van der Waals surface area contributed by atoms with Crippen LogP contribution in [0.1, 0.15) is 33.0 Å². The Hall–Kier alpha value is -1.32. The molecule has 2 rings (SSSR count). The molecule has 112 valence electrons. The number of hydrogen-bond acceptors (Lipinski definition) is 2. The maximum atomic E-state index is 5.93. The van der Waals surface area contributed by atoms with E-state index >= 15 is 0 Å². The summed E-state index contributed by atoms with van der Waals surface area (Å²) in [6.07, 6.45) is 3.16. The Kier molecular flexibility index (Phi) is 5.83. The monoisotopic (exact) mass is 347 g/mol. The highest BCUT2D eigenvalue weighted by Crippen LogP contribution is 2.25. The summed E-state index contributed by atoms with van der Waals surface area (Å²) in [5, 5.41) is 3.45. The van der Waals surface area contributed by atoms with Crippen LogP contribution in [0.2, 0.25) is 0 Å². The molecule has 2 nitrogen and oxygen atoms in total. The Bertz CT molecular complexity index is 596. The molecule has 0 saturated heterocycles. The van der Waals surface area contributed by atoms with E-state index < -0.39 is 0 Å². The minimum Gasteiger partial charge on any atom is -0.457 e. The van der Waals surface area contributed by atoms with Crippen molar-refractivity contribution in [2.24, 2.45) is 0 Å². The van der Waals surface area contributed by atoms with Gasteiger partial charge in [-0.25, -0.2) is 0 Å². The van der Waals surface area contributed by atoms with Gasteiger partial charge >= 0.3 is 0 Å². The third-order valence-electron chi connectivity index (χ3n) is 3.29. The van der Waals surface area contributed by atoms with Gasteiger partial charge in [0, 0.05) is 22.6 Å². The van der Waals surface area contributed by atoms with E-state index in [-0.39, 0.29) is 0 Å². The minimum absolute atomic E-state index is 0.495. The van der Waals surface area contributed by atoms with Crippen molar-refractivity contribution in [3.63, 3.8) is 0 Å². The second-order valence-corrected chi connectivity index (χ2v) is 6.32. The van der Waals surface area contributed by atoms with Crippen LogP contribution in [-0.4, -0.2) is 12.6 Å². The molecule has 1 N–H and O–H groups in total. The lowest BCUT2D eigenvalue weighted by molar-refractivity contribution is 0.569. The van der Waals surface area contributed by atoms with Gasteiger partial charge in [-0.15, -0.1) is 0 Å². The third kappa shape index (κ3) is 4.87. The van der Waals surface area contributed by atoms with E-state index in [1.165, 1.54) is 5.57 Å². The Morgan fingerprint density at radius 2 is 1.90 bits per heavy atom. The Labute approximate surface area is 135 Å². The van der Waals surface area contributed by atoms with Crippen LogP contribution in [0.5, 0.6) is 0 Å². The first kappa shape index (κ1) is 16.1. The van der Waals surface area contributed by atoms with Crippen molar-refractivity contribution in [1.82, 2.24) is 5.32 Å². The Morgan fingerprint density at radius 3 is 2.52 bits per heavy atom. The lowest BCUT2D eigenvalue weighted by Gasteiger charge is -2.09. The lowest BCUT2D eigenvalue weighted by Crippen LogP contribution is -2.24. The van der Waals surface area contributed by atoms with E-state index in [9.17, 15) is 0 Å². The van der Waals surface area contributed by atoms with Gasteiger partial charge in [0.15, 0.2) is 0 Å². The molecule has 0 amide bonds. The summed E-state index contributed by atoms with van der Waals surface area (Å²) in [6, 6.07) is 12.7. The second-order valence-electron chi connectivity index (χ2n) is 5.40. The smallest absolute Gasteiger partial charge is 0.134 e. The minimum atomic E-state index is 0.495. The van der Waals surface area contributed by atoms with Gasteiger partial charge in [0.25, 0.3) is 0 Å². The van der Waals surface area contributed by atoms with Crippen molar-refractivity contribution in [1.29, 1.82) is 0 Å². The zero-order valence-electron chi connectivity index (χ0n) is 12.8. The van der Waals surface area contributed by atoms with Gasteiger partial charge in [-0.2, -0.15) is 0 Å². The van der Waals surface area contributed by atoms with E-state index in [4.69, 9.17) is 4.42 Å². The van der Waals surface area contributed by atoms with Gasteiger partial charge in [-0.1, -0.05) is 54.4 Å². The molecule has 0 saturated carbocycles. The predicted molar refractivity (Wildman–Crippen MR) is 93.3 cm³/mol. The molecule has 0 aliphatic rings. The van der Waals surface area contributed by atoms with Crippen LogP contribution in [0.3, 0.4) is 0 Å². The number of halogens is 1.